The second-order valence-corrected chi connectivity index (χ2v) is 3.75. The lowest BCUT2D eigenvalue weighted by atomic mass is 10.1. The van der Waals surface area contributed by atoms with Gasteiger partial charge in [-0.15, -0.1) is 0 Å². The quantitative estimate of drug-likeness (QED) is 0.819. The molecule has 1 aliphatic heterocycles. The van der Waals surface area contributed by atoms with Crippen molar-refractivity contribution in [1.82, 2.24) is 0 Å². The number of alkyl halides is 3. The Balaban J connectivity index is 2.41. The van der Waals surface area contributed by atoms with Gasteiger partial charge < -0.3 is 5.41 Å². The molecule has 0 saturated carbocycles. The number of nitriles is 1. The van der Waals surface area contributed by atoms with Crippen LogP contribution in [0.25, 0.3) is 0 Å². The number of aliphatic imine (C=N–C) groups is 2. The summed E-state index contributed by atoms with van der Waals surface area (Å²) in [4.78, 5) is 7.82. The van der Waals surface area contributed by atoms with Crippen molar-refractivity contribution < 1.29 is 13.2 Å². The summed E-state index contributed by atoms with van der Waals surface area (Å²) in [6.45, 7) is 0. The largest absolute Gasteiger partial charge is 0.416 e. The second kappa shape index (κ2) is 4.65. The highest BCUT2D eigenvalue weighted by molar-refractivity contribution is 6.66. The fraction of sp³-hybridized carbons (Fsp3) is 0.167. The van der Waals surface area contributed by atoms with E-state index in [1.807, 2.05) is 0 Å². The number of rotatable bonds is 2. The van der Waals surface area contributed by atoms with E-state index < -0.39 is 17.9 Å². The minimum atomic E-state index is -4.44. The summed E-state index contributed by atoms with van der Waals surface area (Å²) in [5.41, 5.74) is -0.529. The van der Waals surface area contributed by atoms with Crippen LogP contribution in [0, 0.1) is 16.7 Å². The van der Waals surface area contributed by atoms with Gasteiger partial charge in [0, 0.05) is 6.21 Å². The molecule has 1 N–H and O–H groups in total. The molecule has 1 aliphatic rings. The summed E-state index contributed by atoms with van der Waals surface area (Å²) >= 11 is 0. The van der Waals surface area contributed by atoms with Crippen molar-refractivity contribution in [2.75, 3.05) is 0 Å². The first kappa shape index (κ1) is 13.0. The Morgan fingerprint density at radius 2 is 2.05 bits per heavy atom. The van der Waals surface area contributed by atoms with Crippen LogP contribution in [0.5, 0.6) is 0 Å². The maximum Gasteiger partial charge on any atom is 0.416 e. The van der Waals surface area contributed by atoms with Gasteiger partial charge in [-0.25, -0.2) is 9.98 Å². The van der Waals surface area contributed by atoms with Crippen LogP contribution >= 0.6 is 0 Å². The first-order valence-electron chi connectivity index (χ1n) is 5.19. The lowest BCUT2D eigenvalue weighted by molar-refractivity contribution is -0.137. The molecule has 0 radical (unpaired) electrons. The average molecular weight is 264 g/mol. The highest BCUT2D eigenvalue weighted by atomic mass is 19.4. The molecule has 1 aromatic carbocycles. The van der Waals surface area contributed by atoms with E-state index in [1.54, 1.807) is 6.07 Å². The molecule has 0 aromatic heterocycles. The van der Waals surface area contributed by atoms with E-state index >= 15 is 0 Å². The van der Waals surface area contributed by atoms with Crippen LogP contribution in [0.4, 0.5) is 13.2 Å². The summed E-state index contributed by atoms with van der Waals surface area (Å²) in [6.07, 6.45) is -4.48. The van der Waals surface area contributed by atoms with Crippen LogP contribution < -0.4 is 0 Å². The van der Waals surface area contributed by atoms with Gasteiger partial charge in [0.2, 0.25) is 0 Å². The smallest absolute Gasteiger partial charge is 0.306 e. The summed E-state index contributed by atoms with van der Waals surface area (Å²) < 4.78 is 37.7. The van der Waals surface area contributed by atoms with Gasteiger partial charge in [0.1, 0.15) is 11.8 Å². The Hall–Kier alpha value is -2.49. The second-order valence-electron chi connectivity index (χ2n) is 3.75. The van der Waals surface area contributed by atoms with Gasteiger partial charge in [-0.2, -0.15) is 18.4 Å². The highest BCUT2D eigenvalue weighted by Gasteiger charge is 2.31. The zero-order chi connectivity index (χ0) is 14.0. The maximum absolute atomic E-state index is 12.6. The van der Waals surface area contributed by atoms with Gasteiger partial charge in [0.25, 0.3) is 0 Å². The van der Waals surface area contributed by atoms with Gasteiger partial charge in [-0.05, 0) is 17.7 Å². The summed E-state index contributed by atoms with van der Waals surface area (Å²) in [5, 5.41) is 15.8. The molecule has 0 amide bonds. The molecular formula is C12H7F3N4. The van der Waals surface area contributed by atoms with Gasteiger partial charge in [0.05, 0.1) is 5.56 Å². The Kier molecular flexibility index (Phi) is 3.17. The van der Waals surface area contributed by atoms with E-state index in [0.717, 1.165) is 18.3 Å². The molecule has 2 rings (SSSR count). The maximum atomic E-state index is 12.6. The van der Waals surface area contributed by atoms with Crippen LogP contribution in [-0.4, -0.2) is 17.6 Å². The molecule has 19 heavy (non-hydrogen) atoms. The van der Waals surface area contributed by atoms with E-state index in [2.05, 4.69) is 9.98 Å². The molecule has 4 nitrogen and oxygen atoms in total. The van der Waals surface area contributed by atoms with E-state index in [-0.39, 0.29) is 17.0 Å². The Morgan fingerprint density at radius 1 is 1.32 bits per heavy atom. The third kappa shape index (κ3) is 2.52. The fourth-order valence-electron chi connectivity index (χ4n) is 1.63. The van der Waals surface area contributed by atoms with Crippen LogP contribution in [0.2, 0.25) is 0 Å². The van der Waals surface area contributed by atoms with Crippen LogP contribution in [0.15, 0.2) is 34.3 Å². The highest BCUT2D eigenvalue weighted by Crippen LogP contribution is 2.32. The lowest BCUT2D eigenvalue weighted by Gasteiger charge is -2.09. The normalized spacial score (nSPS) is 18.5. The SMILES string of the molecule is N#CC1=NC(c2cccc(C(F)(F)F)c2)N=C1C=N. The summed E-state index contributed by atoms with van der Waals surface area (Å²) in [5.74, 6) is 0. The fourth-order valence-corrected chi connectivity index (χ4v) is 1.63. The standard InChI is InChI=1S/C12H7F3N4/c13-12(14,15)8-3-1-2-7(4-8)11-18-9(5-16)10(6-17)19-11/h1-5,11,16H. The minimum absolute atomic E-state index is 0.0441. The number of nitrogens with one attached hydrogen (secondary N) is 1. The van der Waals surface area contributed by atoms with Crippen molar-refractivity contribution in [3.63, 3.8) is 0 Å². The van der Waals surface area contributed by atoms with Crippen molar-refractivity contribution >= 4 is 17.6 Å². The first-order chi connectivity index (χ1) is 8.95. The molecular weight excluding hydrogens is 257 g/mol. The molecule has 1 heterocycles. The molecule has 0 aliphatic carbocycles. The third-order valence-corrected chi connectivity index (χ3v) is 2.51. The van der Waals surface area contributed by atoms with E-state index in [1.165, 1.54) is 12.1 Å². The number of halogens is 3. The Labute approximate surface area is 106 Å². The molecule has 0 bridgehead atoms. The number of nitrogens with zero attached hydrogens (tertiary/aromatic N) is 3. The van der Waals surface area contributed by atoms with Crippen molar-refractivity contribution in [3.05, 3.63) is 35.4 Å². The van der Waals surface area contributed by atoms with Crippen LogP contribution in [0.1, 0.15) is 17.3 Å². The van der Waals surface area contributed by atoms with Gasteiger partial charge in [-0.1, -0.05) is 12.1 Å². The van der Waals surface area contributed by atoms with Crippen molar-refractivity contribution in [2.45, 2.75) is 12.3 Å². The van der Waals surface area contributed by atoms with Gasteiger partial charge >= 0.3 is 6.18 Å². The van der Waals surface area contributed by atoms with Crippen molar-refractivity contribution in [3.8, 4) is 6.07 Å². The molecule has 0 fully saturated rings. The predicted molar refractivity (Wildman–Crippen MR) is 63.5 cm³/mol. The van der Waals surface area contributed by atoms with Crippen LogP contribution in [0.3, 0.4) is 0 Å². The molecule has 7 heteroatoms. The lowest BCUT2D eigenvalue weighted by Crippen LogP contribution is -2.08. The van der Waals surface area contributed by atoms with E-state index in [0.29, 0.717) is 0 Å². The topological polar surface area (TPSA) is 72.4 Å². The van der Waals surface area contributed by atoms with E-state index in [4.69, 9.17) is 10.7 Å². The monoisotopic (exact) mass is 264 g/mol. The number of hydrogen-bond donors (Lipinski definition) is 1. The average Bonchev–Trinajstić information content (AvgIpc) is 2.81. The Morgan fingerprint density at radius 3 is 2.58 bits per heavy atom. The first-order valence-corrected chi connectivity index (χ1v) is 5.19. The Bertz CT molecular complexity index is 623. The van der Waals surface area contributed by atoms with Crippen LogP contribution in [-0.2, 0) is 6.18 Å². The predicted octanol–water partition coefficient (Wildman–Crippen LogP) is 2.77. The van der Waals surface area contributed by atoms with Gasteiger partial charge in [-0.3, -0.25) is 0 Å². The number of benzene rings is 1. The van der Waals surface area contributed by atoms with Crippen molar-refractivity contribution in [1.29, 1.82) is 10.7 Å². The molecule has 1 atom stereocenters. The zero-order valence-electron chi connectivity index (χ0n) is 9.44. The molecule has 1 aromatic rings. The third-order valence-electron chi connectivity index (χ3n) is 2.51. The van der Waals surface area contributed by atoms with Crippen molar-refractivity contribution in [2.24, 2.45) is 9.98 Å². The molecule has 0 spiro atoms. The molecule has 1 unspecified atom stereocenters. The summed E-state index contributed by atoms with van der Waals surface area (Å²) in [6, 6.07) is 6.37. The summed E-state index contributed by atoms with van der Waals surface area (Å²) in [7, 11) is 0. The zero-order valence-corrected chi connectivity index (χ0v) is 9.44. The van der Waals surface area contributed by atoms with E-state index in [9.17, 15) is 13.2 Å². The minimum Gasteiger partial charge on any atom is -0.306 e. The van der Waals surface area contributed by atoms with Gasteiger partial charge in [0.15, 0.2) is 11.9 Å². The molecule has 96 valence electrons. The molecule has 0 saturated heterocycles. The number of hydrogen-bond acceptors (Lipinski definition) is 4.